The molecule has 0 aromatic heterocycles. The van der Waals surface area contributed by atoms with Crippen LogP contribution in [0.2, 0.25) is 0 Å². The molecule has 1 rings (SSSR count). The van der Waals surface area contributed by atoms with E-state index >= 15 is 0 Å². The zero-order valence-corrected chi connectivity index (χ0v) is 19.5. The van der Waals surface area contributed by atoms with Gasteiger partial charge in [0, 0.05) is 13.3 Å². The second-order valence-corrected chi connectivity index (χ2v) is 8.75. The van der Waals surface area contributed by atoms with Crippen LogP contribution in [0.5, 0.6) is 0 Å². The molecule has 0 bridgehead atoms. The number of carbonyl (C=O) groups is 1. The summed E-state index contributed by atoms with van der Waals surface area (Å²) in [4.78, 5) is 15.7. The van der Waals surface area contributed by atoms with Crippen molar-refractivity contribution < 1.29 is 14.4 Å². The Morgan fingerprint density at radius 3 is 2.07 bits per heavy atom. The molecule has 0 amide bonds. The summed E-state index contributed by atoms with van der Waals surface area (Å²) in [6.07, 6.45) is 26.8. The molecular formula is C25H46N3O2+. The van der Waals surface area contributed by atoms with Gasteiger partial charge in [-0.3, -0.25) is 5.73 Å². The number of carboxylic acids is 1. The molecule has 2 unspecified atom stereocenters. The molecule has 1 aliphatic rings. The van der Waals surface area contributed by atoms with Gasteiger partial charge in [0.1, 0.15) is 12.4 Å². The minimum absolute atomic E-state index is 0.0267. The highest BCUT2D eigenvalue weighted by molar-refractivity contribution is 5.81. The normalized spacial score (nSPS) is 19.5. The van der Waals surface area contributed by atoms with Crippen molar-refractivity contribution in [1.82, 2.24) is 0 Å². The van der Waals surface area contributed by atoms with Gasteiger partial charge in [-0.15, -0.1) is 0 Å². The minimum Gasteiger partial charge on any atom is -0.477 e. The number of unbranched alkanes of at least 4 members (excludes halogenated alkanes) is 12. The maximum Gasteiger partial charge on any atom is 0.360 e. The van der Waals surface area contributed by atoms with Crippen molar-refractivity contribution in [1.29, 1.82) is 0 Å². The maximum absolute atomic E-state index is 11.3. The highest BCUT2D eigenvalue weighted by Crippen LogP contribution is 2.23. The van der Waals surface area contributed by atoms with Crippen molar-refractivity contribution >= 4 is 11.8 Å². The zero-order chi connectivity index (χ0) is 22.1. The summed E-state index contributed by atoms with van der Waals surface area (Å²) in [6.45, 7) is 4.09. The number of amidine groups is 1. The van der Waals surface area contributed by atoms with E-state index in [1.165, 1.54) is 83.5 Å². The van der Waals surface area contributed by atoms with Gasteiger partial charge in [-0.1, -0.05) is 76.9 Å². The van der Waals surface area contributed by atoms with Crippen LogP contribution in [-0.4, -0.2) is 34.1 Å². The largest absolute Gasteiger partial charge is 0.477 e. The zero-order valence-electron chi connectivity index (χ0n) is 19.5. The highest BCUT2D eigenvalue weighted by Gasteiger charge is 2.40. The second kappa shape index (κ2) is 16.3. The maximum atomic E-state index is 11.3. The third-order valence-electron chi connectivity index (χ3n) is 6.07. The Balaban J connectivity index is 2.01. The molecule has 0 aliphatic carbocycles. The quantitative estimate of drug-likeness (QED) is 0.142. The number of aliphatic carboxylic acids is 1. The topological polar surface area (TPSA) is 75.7 Å². The monoisotopic (exact) mass is 420 g/mol. The molecule has 172 valence electrons. The Morgan fingerprint density at radius 2 is 1.53 bits per heavy atom. The van der Waals surface area contributed by atoms with E-state index in [0.717, 1.165) is 18.7 Å². The molecule has 5 heteroatoms. The van der Waals surface area contributed by atoms with Crippen LogP contribution in [0.25, 0.3) is 0 Å². The van der Waals surface area contributed by atoms with E-state index in [9.17, 15) is 9.90 Å². The number of rotatable bonds is 19. The number of hydrogen-bond acceptors (Lipinski definition) is 3. The van der Waals surface area contributed by atoms with E-state index in [4.69, 9.17) is 5.73 Å². The minimum atomic E-state index is -0.839. The van der Waals surface area contributed by atoms with Crippen LogP contribution in [0.1, 0.15) is 110 Å². The predicted molar refractivity (Wildman–Crippen MR) is 127 cm³/mol. The molecule has 0 radical (unpaired) electrons. The fraction of sp³-hybridized carbons (Fsp3) is 0.760. The second-order valence-electron chi connectivity index (χ2n) is 8.75. The predicted octanol–water partition coefficient (Wildman–Crippen LogP) is 6.50. The number of hydrogen-bond donors (Lipinski definition) is 2. The lowest BCUT2D eigenvalue weighted by Gasteiger charge is -2.34. The van der Waals surface area contributed by atoms with Gasteiger partial charge >= 0.3 is 5.97 Å². The summed E-state index contributed by atoms with van der Waals surface area (Å²) in [5.74, 6) is 0.0554. The van der Waals surface area contributed by atoms with E-state index < -0.39 is 5.97 Å². The van der Waals surface area contributed by atoms with Gasteiger partial charge in [0.15, 0.2) is 6.54 Å². The number of quaternary nitrogens is 1. The molecule has 0 spiro atoms. The first-order chi connectivity index (χ1) is 14.5. The van der Waals surface area contributed by atoms with Crippen molar-refractivity contribution in [3.63, 3.8) is 0 Å². The average molecular weight is 421 g/mol. The van der Waals surface area contributed by atoms with Crippen LogP contribution >= 0.6 is 0 Å². The van der Waals surface area contributed by atoms with Gasteiger partial charge < -0.3 is 5.11 Å². The van der Waals surface area contributed by atoms with Crippen molar-refractivity contribution in [2.45, 2.75) is 116 Å². The SMILES string of the molecule is CCCCCC/C=C/CCCCCCCCCCC1=NC=C[N+]1(CC(=O)O)C(C)N. The Hall–Kier alpha value is -1.46. The first kappa shape index (κ1) is 26.6. The standard InChI is InChI=1S/C25H45N3O2/c1-3-4-5-6-7-8-9-10-11-12-13-14-15-16-17-18-19-24-27-20-21-28(24,23(2)26)22-25(29)30/h8-9,20-21,23H,3-7,10-19,22,26H2,1-2H3/p+1/b9-8+. The summed E-state index contributed by atoms with van der Waals surface area (Å²) in [6, 6.07) is 0. The number of nitrogens with two attached hydrogens (primary N) is 1. The van der Waals surface area contributed by atoms with Gasteiger partial charge in [0.05, 0.1) is 6.20 Å². The van der Waals surface area contributed by atoms with E-state index in [1.54, 1.807) is 6.20 Å². The highest BCUT2D eigenvalue weighted by atomic mass is 16.4. The molecule has 1 heterocycles. The Labute approximate surface area is 184 Å². The number of aliphatic imine (C=N–C) groups is 1. The van der Waals surface area contributed by atoms with Gasteiger partial charge in [-0.2, -0.15) is 0 Å². The van der Waals surface area contributed by atoms with E-state index in [1.807, 2.05) is 13.1 Å². The van der Waals surface area contributed by atoms with Crippen molar-refractivity contribution in [3.05, 3.63) is 24.6 Å². The van der Waals surface area contributed by atoms with Crippen LogP contribution in [-0.2, 0) is 4.79 Å². The van der Waals surface area contributed by atoms with Crippen LogP contribution in [0.4, 0.5) is 0 Å². The number of nitrogens with zero attached hydrogens (tertiary/aromatic N) is 2. The van der Waals surface area contributed by atoms with Crippen LogP contribution in [0.15, 0.2) is 29.5 Å². The Bertz CT molecular complexity index is 555. The van der Waals surface area contributed by atoms with Crippen LogP contribution in [0, 0.1) is 0 Å². The first-order valence-electron chi connectivity index (χ1n) is 12.3. The lowest BCUT2D eigenvalue weighted by Crippen LogP contribution is -2.59. The summed E-state index contributed by atoms with van der Waals surface area (Å²) >= 11 is 0. The smallest absolute Gasteiger partial charge is 0.360 e. The lowest BCUT2D eigenvalue weighted by molar-refractivity contribution is -0.805. The molecule has 0 aromatic carbocycles. The third kappa shape index (κ3) is 10.5. The Kier molecular flexibility index (Phi) is 14.4. The Morgan fingerprint density at radius 1 is 1.00 bits per heavy atom. The van der Waals surface area contributed by atoms with Crippen LogP contribution in [0.3, 0.4) is 0 Å². The fourth-order valence-corrected chi connectivity index (χ4v) is 4.12. The van der Waals surface area contributed by atoms with Gasteiger partial charge in [-0.05, 0) is 32.1 Å². The van der Waals surface area contributed by atoms with E-state index in [-0.39, 0.29) is 17.2 Å². The molecule has 0 aromatic rings. The molecule has 1 aliphatic heterocycles. The number of carboxylic acid groups (broad SMARTS) is 1. The van der Waals surface area contributed by atoms with Gasteiger partial charge in [0.25, 0.3) is 0 Å². The third-order valence-corrected chi connectivity index (χ3v) is 6.07. The lowest BCUT2D eigenvalue weighted by atomic mass is 10.1. The van der Waals surface area contributed by atoms with E-state index in [2.05, 4.69) is 24.1 Å². The summed E-state index contributed by atoms with van der Waals surface area (Å²) < 4.78 is 0.169. The molecule has 0 saturated carbocycles. The summed E-state index contributed by atoms with van der Waals surface area (Å²) in [5.41, 5.74) is 6.11. The van der Waals surface area contributed by atoms with Crippen molar-refractivity contribution in [3.8, 4) is 0 Å². The number of allylic oxidation sites excluding steroid dienone is 2. The van der Waals surface area contributed by atoms with Crippen LogP contribution < -0.4 is 5.73 Å². The molecule has 0 fully saturated rings. The molecule has 0 saturated heterocycles. The fourth-order valence-electron chi connectivity index (χ4n) is 4.12. The van der Waals surface area contributed by atoms with Gasteiger partial charge in [-0.25, -0.2) is 14.3 Å². The molecule has 3 N–H and O–H groups in total. The molecule has 30 heavy (non-hydrogen) atoms. The summed E-state index contributed by atoms with van der Waals surface area (Å²) in [7, 11) is 0. The van der Waals surface area contributed by atoms with E-state index in [0.29, 0.717) is 0 Å². The van der Waals surface area contributed by atoms with Gasteiger partial charge in [0.2, 0.25) is 5.84 Å². The first-order valence-corrected chi connectivity index (χ1v) is 12.3. The van der Waals surface area contributed by atoms with Crippen molar-refractivity contribution in [2.75, 3.05) is 6.54 Å². The van der Waals surface area contributed by atoms with Crippen molar-refractivity contribution in [2.24, 2.45) is 10.7 Å². The summed E-state index contributed by atoms with van der Waals surface area (Å²) in [5, 5.41) is 9.25. The molecule has 5 nitrogen and oxygen atoms in total. The average Bonchev–Trinajstić information content (AvgIpc) is 3.10. The molecular weight excluding hydrogens is 374 g/mol. The molecule has 2 atom stereocenters.